The van der Waals surface area contributed by atoms with Gasteiger partial charge >= 0.3 is 0 Å². The first-order valence-corrected chi connectivity index (χ1v) is 13.5. The monoisotopic (exact) mass is 451 g/mol. The zero-order valence-electron chi connectivity index (χ0n) is 22.4. The normalized spacial score (nSPS) is 34.3. The molecule has 32 heavy (non-hydrogen) atoms. The molecule has 0 heterocycles. The number of amides is 1. The van der Waals surface area contributed by atoms with Crippen LogP contribution in [0.4, 0.5) is 0 Å². The number of aliphatic hydroxyl groups is 1. The molecule has 2 N–H and O–H groups in total. The first-order chi connectivity index (χ1) is 14.9. The van der Waals surface area contributed by atoms with Crippen molar-refractivity contribution in [3.8, 4) is 0 Å². The predicted octanol–water partition coefficient (Wildman–Crippen LogP) is 6.35. The predicted molar refractivity (Wildman–Crippen MR) is 133 cm³/mol. The van der Waals surface area contributed by atoms with Crippen molar-refractivity contribution in [2.75, 3.05) is 6.54 Å². The van der Waals surface area contributed by atoms with E-state index in [1.807, 2.05) is 6.92 Å². The van der Waals surface area contributed by atoms with E-state index in [9.17, 15) is 9.90 Å². The average Bonchev–Trinajstić information content (AvgIpc) is 2.68. The van der Waals surface area contributed by atoms with Gasteiger partial charge in [0.2, 0.25) is 5.91 Å². The van der Waals surface area contributed by atoms with Crippen LogP contribution in [0.15, 0.2) is 0 Å². The highest BCUT2D eigenvalue weighted by Gasteiger charge is 2.43. The highest BCUT2D eigenvalue weighted by molar-refractivity contribution is 5.79. The van der Waals surface area contributed by atoms with Crippen LogP contribution in [-0.4, -0.2) is 35.9 Å². The lowest BCUT2D eigenvalue weighted by Crippen LogP contribution is -2.46. The fourth-order valence-corrected chi connectivity index (χ4v) is 6.37. The van der Waals surface area contributed by atoms with Crippen LogP contribution in [0.25, 0.3) is 0 Å². The Morgan fingerprint density at radius 3 is 2.12 bits per heavy atom. The zero-order chi connectivity index (χ0) is 24.1. The molecule has 0 bridgehead atoms. The summed E-state index contributed by atoms with van der Waals surface area (Å²) in [6, 6.07) is 0. The van der Waals surface area contributed by atoms with E-state index in [2.05, 4.69) is 53.8 Å². The van der Waals surface area contributed by atoms with Gasteiger partial charge in [-0.25, -0.2) is 0 Å². The van der Waals surface area contributed by atoms with E-state index in [4.69, 9.17) is 4.74 Å². The van der Waals surface area contributed by atoms with Crippen molar-refractivity contribution in [1.82, 2.24) is 5.32 Å². The van der Waals surface area contributed by atoms with E-state index >= 15 is 0 Å². The van der Waals surface area contributed by atoms with Crippen molar-refractivity contribution in [2.24, 2.45) is 34.5 Å². The molecule has 0 spiro atoms. The summed E-state index contributed by atoms with van der Waals surface area (Å²) in [7, 11) is 0. The number of hydrogen-bond acceptors (Lipinski definition) is 3. The van der Waals surface area contributed by atoms with Gasteiger partial charge in [0.1, 0.15) is 0 Å². The summed E-state index contributed by atoms with van der Waals surface area (Å²) >= 11 is 0. The lowest BCUT2D eigenvalue weighted by Gasteiger charge is -2.45. The number of ether oxygens (including phenoxy) is 1. The summed E-state index contributed by atoms with van der Waals surface area (Å²) in [6.07, 6.45) is 9.21. The molecule has 0 aromatic carbocycles. The van der Waals surface area contributed by atoms with Crippen molar-refractivity contribution in [3.05, 3.63) is 0 Å². The van der Waals surface area contributed by atoms with Crippen LogP contribution in [0.3, 0.4) is 0 Å². The molecule has 2 fully saturated rings. The molecule has 2 aliphatic rings. The molecule has 2 aliphatic carbocycles. The average molecular weight is 452 g/mol. The Kier molecular flexibility index (Phi) is 10.1. The Balaban J connectivity index is 2.04. The van der Waals surface area contributed by atoms with Gasteiger partial charge in [-0.15, -0.1) is 0 Å². The first-order valence-electron chi connectivity index (χ1n) is 13.5. The van der Waals surface area contributed by atoms with Gasteiger partial charge in [-0.05, 0) is 81.0 Å². The molecule has 0 aliphatic heterocycles. The van der Waals surface area contributed by atoms with Gasteiger partial charge in [-0.2, -0.15) is 0 Å². The molecule has 4 nitrogen and oxygen atoms in total. The second-order valence-corrected chi connectivity index (χ2v) is 12.4. The highest BCUT2D eigenvalue weighted by atomic mass is 16.5. The van der Waals surface area contributed by atoms with Crippen molar-refractivity contribution in [1.29, 1.82) is 0 Å². The third-order valence-electron chi connectivity index (χ3n) is 9.38. The molecule has 0 aromatic heterocycles. The number of nitrogens with one attached hydrogen (secondary N) is 1. The summed E-state index contributed by atoms with van der Waals surface area (Å²) in [4.78, 5) is 13.1. The van der Waals surface area contributed by atoms with E-state index in [-0.39, 0.29) is 35.4 Å². The summed E-state index contributed by atoms with van der Waals surface area (Å²) < 4.78 is 6.47. The third kappa shape index (κ3) is 6.95. The van der Waals surface area contributed by atoms with E-state index in [0.717, 1.165) is 32.1 Å². The second kappa shape index (κ2) is 11.7. The third-order valence-corrected chi connectivity index (χ3v) is 9.38. The van der Waals surface area contributed by atoms with Crippen molar-refractivity contribution in [3.63, 3.8) is 0 Å². The van der Waals surface area contributed by atoms with Crippen LogP contribution in [0.2, 0.25) is 0 Å². The minimum absolute atomic E-state index is 0.0234. The molecule has 0 radical (unpaired) electrons. The smallest absolute Gasteiger partial charge is 0.225 e. The molecule has 2 rings (SSSR count). The summed E-state index contributed by atoms with van der Waals surface area (Å²) in [5.74, 6) is 1.16. The Bertz CT molecular complexity index is 591. The minimum atomic E-state index is -0.656. The molecule has 0 aromatic rings. The lowest BCUT2D eigenvalue weighted by atomic mass is 9.61. The summed E-state index contributed by atoms with van der Waals surface area (Å²) in [5, 5.41) is 14.3. The number of rotatable bonds is 10. The van der Waals surface area contributed by atoms with E-state index in [1.54, 1.807) is 0 Å². The molecular formula is C28H53NO3. The number of hydrogen-bond donors (Lipinski definition) is 2. The molecule has 2 saturated carbocycles. The van der Waals surface area contributed by atoms with Crippen LogP contribution in [0.5, 0.6) is 0 Å². The van der Waals surface area contributed by atoms with Crippen LogP contribution in [-0.2, 0) is 9.53 Å². The van der Waals surface area contributed by atoms with Crippen LogP contribution < -0.4 is 5.32 Å². The zero-order valence-corrected chi connectivity index (χ0v) is 22.4. The van der Waals surface area contributed by atoms with Crippen LogP contribution >= 0.6 is 0 Å². The molecular weight excluding hydrogens is 398 g/mol. The second-order valence-electron chi connectivity index (χ2n) is 12.4. The highest BCUT2D eigenvalue weighted by Crippen LogP contribution is 2.48. The van der Waals surface area contributed by atoms with Gasteiger partial charge in [0.15, 0.2) is 0 Å². The van der Waals surface area contributed by atoms with Crippen LogP contribution in [0.1, 0.15) is 113 Å². The molecule has 1 amide bonds. The van der Waals surface area contributed by atoms with Gasteiger partial charge < -0.3 is 15.2 Å². The maximum absolute atomic E-state index is 13.1. The van der Waals surface area contributed by atoms with E-state index < -0.39 is 6.10 Å². The minimum Gasteiger partial charge on any atom is -0.392 e. The van der Waals surface area contributed by atoms with Gasteiger partial charge in [-0.3, -0.25) is 4.79 Å². The SMILES string of the molecule is CCNC(=O)C(C(O)CC(C)OC1CCCC(C)(C(C)C)C1)C1CCCC(C)(C(C)C)C1. The van der Waals surface area contributed by atoms with Gasteiger partial charge in [0.05, 0.1) is 24.2 Å². The lowest BCUT2D eigenvalue weighted by molar-refractivity contribution is -0.135. The van der Waals surface area contributed by atoms with E-state index in [1.165, 1.54) is 19.3 Å². The number of aliphatic hydroxyl groups excluding tert-OH is 1. The van der Waals surface area contributed by atoms with Gasteiger partial charge in [0.25, 0.3) is 0 Å². The standard InChI is InChI=1S/C28H53NO3/c1-9-29-26(31)25(22-12-10-14-27(7,17-22)19(2)3)24(30)16-21(6)32-23-13-11-15-28(8,18-23)20(4)5/h19-25,30H,9-18H2,1-8H3,(H,29,31). The summed E-state index contributed by atoms with van der Waals surface area (Å²) in [6.45, 7) is 18.6. The molecule has 4 heteroatoms. The van der Waals surface area contributed by atoms with E-state index in [0.29, 0.717) is 30.2 Å². The fourth-order valence-electron chi connectivity index (χ4n) is 6.37. The van der Waals surface area contributed by atoms with Gasteiger partial charge in [0, 0.05) is 13.0 Å². The largest absolute Gasteiger partial charge is 0.392 e. The van der Waals surface area contributed by atoms with Crippen molar-refractivity contribution < 1.29 is 14.6 Å². The van der Waals surface area contributed by atoms with Crippen molar-refractivity contribution >= 4 is 5.91 Å². The number of carbonyl (C=O) groups excluding carboxylic acids is 1. The maximum Gasteiger partial charge on any atom is 0.225 e. The topological polar surface area (TPSA) is 58.6 Å². The quantitative estimate of drug-likeness (QED) is 0.407. The Morgan fingerprint density at radius 2 is 1.56 bits per heavy atom. The van der Waals surface area contributed by atoms with Crippen molar-refractivity contribution in [2.45, 2.75) is 131 Å². The van der Waals surface area contributed by atoms with Crippen LogP contribution in [0, 0.1) is 34.5 Å². The molecule has 7 unspecified atom stereocenters. The Morgan fingerprint density at radius 1 is 1.00 bits per heavy atom. The maximum atomic E-state index is 13.1. The first kappa shape index (κ1) is 27.6. The molecule has 188 valence electrons. The number of carbonyl (C=O) groups is 1. The molecule has 0 saturated heterocycles. The molecule has 7 atom stereocenters. The summed E-state index contributed by atoms with van der Waals surface area (Å²) in [5.41, 5.74) is 0.590. The Labute approximate surface area is 198 Å². The fraction of sp³-hybridized carbons (Fsp3) is 0.964. The van der Waals surface area contributed by atoms with Gasteiger partial charge in [-0.1, -0.05) is 54.4 Å². The Hall–Kier alpha value is -0.610.